The molecule has 1 aromatic carbocycles. The summed E-state index contributed by atoms with van der Waals surface area (Å²) >= 11 is 0. The second-order valence-electron chi connectivity index (χ2n) is 6.66. The van der Waals surface area contributed by atoms with E-state index >= 15 is 0 Å². The monoisotopic (exact) mass is 417 g/mol. The number of aliphatic imine (C=N–C) groups is 1. The minimum absolute atomic E-state index is 0.101. The predicted octanol–water partition coefficient (Wildman–Crippen LogP) is 2.38. The number of nitrogens with one attached hydrogen (secondary N) is 2. The maximum absolute atomic E-state index is 12.5. The second-order valence-corrected chi connectivity index (χ2v) is 8.15. The van der Waals surface area contributed by atoms with E-state index in [1.807, 2.05) is 49.3 Å². The van der Waals surface area contributed by atoms with Crippen molar-refractivity contribution in [2.45, 2.75) is 44.7 Å². The van der Waals surface area contributed by atoms with Gasteiger partial charge in [0.15, 0.2) is 0 Å². The van der Waals surface area contributed by atoms with Crippen LogP contribution in [0.1, 0.15) is 47.6 Å². The van der Waals surface area contributed by atoms with Gasteiger partial charge in [-0.3, -0.25) is 9.79 Å². The third kappa shape index (κ3) is 6.09. The largest absolute Gasteiger partial charge is 0.354 e. The summed E-state index contributed by atoms with van der Waals surface area (Å²) in [7, 11) is 0.512. The number of nitrogens with zero attached hydrogens (tertiary/aromatic N) is 2. The van der Waals surface area contributed by atoms with E-state index in [-0.39, 0.29) is 11.9 Å². The van der Waals surface area contributed by atoms with Crippen molar-refractivity contribution in [3.8, 4) is 0 Å². The summed E-state index contributed by atoms with van der Waals surface area (Å²) < 4.78 is 14.4. The molecule has 1 aliphatic heterocycles. The maximum Gasteiger partial charge on any atom is 0.267 e. The zero-order valence-corrected chi connectivity index (χ0v) is 18.4. The SMILES string of the molecule is CC.CN=Cc1cc(C(=O)NCc2ccc(S(=O)N3CCC(N)C3)cc2)[nH]c1C. The van der Waals surface area contributed by atoms with Gasteiger partial charge in [-0.2, -0.15) is 0 Å². The van der Waals surface area contributed by atoms with E-state index in [2.05, 4.69) is 15.3 Å². The molecular weight excluding hydrogens is 386 g/mol. The highest BCUT2D eigenvalue weighted by atomic mass is 32.2. The van der Waals surface area contributed by atoms with Gasteiger partial charge in [0.05, 0.1) is 4.90 Å². The lowest BCUT2D eigenvalue weighted by Crippen LogP contribution is -2.28. The molecule has 2 atom stereocenters. The number of rotatable bonds is 6. The van der Waals surface area contributed by atoms with Crippen LogP contribution in [0.5, 0.6) is 0 Å². The Hall–Kier alpha value is -2.29. The van der Waals surface area contributed by atoms with Gasteiger partial charge < -0.3 is 16.0 Å². The lowest BCUT2D eigenvalue weighted by Gasteiger charge is -2.14. The van der Waals surface area contributed by atoms with Crippen LogP contribution < -0.4 is 11.1 Å². The summed E-state index contributed by atoms with van der Waals surface area (Å²) in [5.41, 5.74) is 9.13. The molecule has 2 aromatic rings. The van der Waals surface area contributed by atoms with E-state index in [0.29, 0.717) is 18.8 Å². The fourth-order valence-electron chi connectivity index (χ4n) is 3.02. The number of amides is 1. The van der Waals surface area contributed by atoms with Gasteiger partial charge in [-0.15, -0.1) is 0 Å². The lowest BCUT2D eigenvalue weighted by atomic mass is 10.2. The van der Waals surface area contributed by atoms with Crippen LogP contribution in [-0.2, 0) is 17.5 Å². The zero-order valence-electron chi connectivity index (χ0n) is 17.6. The van der Waals surface area contributed by atoms with Gasteiger partial charge >= 0.3 is 0 Å². The topological polar surface area (TPSA) is 104 Å². The molecule has 0 radical (unpaired) electrons. The van der Waals surface area contributed by atoms with Gasteiger partial charge in [-0.1, -0.05) is 26.0 Å². The first-order valence-corrected chi connectivity index (χ1v) is 11.0. The van der Waals surface area contributed by atoms with E-state index in [1.165, 1.54) is 0 Å². The molecule has 2 heterocycles. The number of carbonyl (C=O) groups excluding carboxylic acids is 1. The van der Waals surface area contributed by atoms with Crippen LogP contribution in [0.2, 0.25) is 0 Å². The molecule has 4 N–H and O–H groups in total. The fourth-order valence-corrected chi connectivity index (χ4v) is 4.29. The third-order valence-electron chi connectivity index (χ3n) is 4.57. The molecular formula is C21H31N5O2S. The van der Waals surface area contributed by atoms with Crippen LogP contribution in [-0.4, -0.2) is 51.8 Å². The average molecular weight is 418 g/mol. The zero-order chi connectivity index (χ0) is 21.4. The number of hydrogen-bond donors (Lipinski definition) is 3. The van der Waals surface area contributed by atoms with Crippen molar-refractivity contribution in [2.24, 2.45) is 10.7 Å². The van der Waals surface area contributed by atoms with Crippen molar-refractivity contribution in [1.82, 2.24) is 14.6 Å². The van der Waals surface area contributed by atoms with E-state index in [9.17, 15) is 9.00 Å². The highest BCUT2D eigenvalue weighted by molar-refractivity contribution is 7.82. The number of aryl methyl sites for hydroxylation is 1. The molecule has 0 spiro atoms. The summed E-state index contributed by atoms with van der Waals surface area (Å²) in [6.07, 6.45) is 2.59. The van der Waals surface area contributed by atoms with Gasteiger partial charge in [-0.25, -0.2) is 8.51 Å². The molecule has 1 fully saturated rings. The molecule has 1 saturated heterocycles. The summed E-state index contributed by atoms with van der Waals surface area (Å²) in [5.74, 6) is -0.174. The number of benzene rings is 1. The van der Waals surface area contributed by atoms with Crippen LogP contribution in [0.4, 0.5) is 0 Å². The lowest BCUT2D eigenvalue weighted by molar-refractivity contribution is 0.0946. The number of aromatic nitrogens is 1. The van der Waals surface area contributed by atoms with E-state index < -0.39 is 11.0 Å². The Bertz CT molecular complexity index is 860. The standard InChI is InChI=1S/C19H25N5O2S.C2H6/c1-13-15(11-21-2)9-18(23-13)19(25)22-10-14-3-5-17(6-4-14)27(26)24-8-7-16(20)12-24;1-2/h3-6,9,11,16,23H,7-8,10,12,20H2,1-2H3,(H,22,25);1-2H3. The molecule has 2 unspecified atom stereocenters. The molecule has 1 aromatic heterocycles. The quantitative estimate of drug-likeness (QED) is 0.629. The van der Waals surface area contributed by atoms with Crippen molar-refractivity contribution >= 4 is 23.1 Å². The van der Waals surface area contributed by atoms with Crippen molar-refractivity contribution in [3.63, 3.8) is 0 Å². The molecule has 0 aliphatic carbocycles. The molecule has 29 heavy (non-hydrogen) atoms. The van der Waals surface area contributed by atoms with Crippen molar-refractivity contribution < 1.29 is 9.00 Å². The molecule has 1 aliphatic rings. The van der Waals surface area contributed by atoms with E-state index in [1.54, 1.807) is 19.3 Å². The molecule has 1 amide bonds. The molecule has 3 rings (SSSR count). The highest BCUT2D eigenvalue weighted by Gasteiger charge is 2.24. The van der Waals surface area contributed by atoms with Gasteiger partial charge in [0.25, 0.3) is 5.91 Å². The molecule has 8 heteroatoms. The summed E-state index contributed by atoms with van der Waals surface area (Å²) in [6, 6.07) is 9.35. The Balaban J connectivity index is 0.00000145. The van der Waals surface area contributed by atoms with Crippen molar-refractivity contribution in [1.29, 1.82) is 0 Å². The van der Waals surface area contributed by atoms with Crippen molar-refractivity contribution in [3.05, 3.63) is 52.8 Å². The Morgan fingerprint density at radius 3 is 2.66 bits per heavy atom. The van der Waals surface area contributed by atoms with Crippen LogP contribution in [0.15, 0.2) is 40.2 Å². The molecule has 7 nitrogen and oxygen atoms in total. The van der Waals surface area contributed by atoms with Crippen LogP contribution >= 0.6 is 0 Å². The Morgan fingerprint density at radius 2 is 2.07 bits per heavy atom. The first-order chi connectivity index (χ1) is 14.0. The number of nitrogens with two attached hydrogens (primary N) is 1. The normalized spacial score (nSPS) is 17.8. The number of H-pyrrole nitrogens is 1. The Labute approximate surface area is 175 Å². The predicted molar refractivity (Wildman–Crippen MR) is 119 cm³/mol. The molecule has 158 valence electrons. The summed E-state index contributed by atoms with van der Waals surface area (Å²) in [5, 5.41) is 2.89. The van der Waals surface area contributed by atoms with E-state index in [0.717, 1.165) is 34.7 Å². The Morgan fingerprint density at radius 1 is 1.38 bits per heavy atom. The van der Waals surface area contributed by atoms with Crippen LogP contribution in [0, 0.1) is 6.92 Å². The van der Waals surface area contributed by atoms with Gasteiger partial charge in [-0.05, 0) is 37.1 Å². The van der Waals surface area contributed by atoms with E-state index in [4.69, 9.17) is 5.73 Å². The number of aromatic amines is 1. The Kier molecular flexibility index (Phi) is 8.75. The van der Waals surface area contributed by atoms with Crippen LogP contribution in [0.3, 0.4) is 0 Å². The second kappa shape index (κ2) is 11.0. The fraction of sp³-hybridized carbons (Fsp3) is 0.429. The first-order valence-electron chi connectivity index (χ1n) is 9.89. The summed E-state index contributed by atoms with van der Waals surface area (Å²) in [6.45, 7) is 7.71. The van der Waals surface area contributed by atoms with Gasteiger partial charge in [0, 0.05) is 50.2 Å². The minimum Gasteiger partial charge on any atom is -0.354 e. The summed E-state index contributed by atoms with van der Waals surface area (Å²) in [4.78, 5) is 20.1. The molecule has 0 bridgehead atoms. The first kappa shape index (κ1) is 23.0. The number of carbonyl (C=O) groups is 1. The van der Waals surface area contributed by atoms with Crippen LogP contribution in [0.25, 0.3) is 0 Å². The average Bonchev–Trinajstić information content (AvgIpc) is 3.34. The maximum atomic E-state index is 12.5. The van der Waals surface area contributed by atoms with Gasteiger partial charge in [0.2, 0.25) is 0 Å². The third-order valence-corrected chi connectivity index (χ3v) is 6.04. The number of hydrogen-bond acceptors (Lipinski definition) is 4. The minimum atomic E-state index is -1.18. The highest BCUT2D eigenvalue weighted by Crippen LogP contribution is 2.17. The molecule has 0 saturated carbocycles. The van der Waals surface area contributed by atoms with Crippen molar-refractivity contribution in [2.75, 3.05) is 20.1 Å². The smallest absolute Gasteiger partial charge is 0.267 e. The van der Waals surface area contributed by atoms with Gasteiger partial charge in [0.1, 0.15) is 16.7 Å².